The lowest BCUT2D eigenvalue weighted by molar-refractivity contribution is -0.385. The number of methoxy groups -OCH3 is 1. The van der Waals surface area contributed by atoms with E-state index < -0.39 is 17.7 Å². The van der Waals surface area contributed by atoms with Crippen LogP contribution in [0.3, 0.4) is 0 Å². The number of halogens is 3. The number of carbonyl (C=O) groups excluding carboxylic acids is 1. The molecule has 0 bridgehead atoms. The molecule has 156 valence electrons. The van der Waals surface area contributed by atoms with E-state index in [9.17, 15) is 28.1 Å². The summed E-state index contributed by atoms with van der Waals surface area (Å²) < 4.78 is 46.6. The van der Waals surface area contributed by atoms with Crippen LogP contribution < -0.4 is 14.8 Å². The molecule has 0 aliphatic carbocycles. The fraction of sp³-hybridized carbons (Fsp3) is 0.316. The summed E-state index contributed by atoms with van der Waals surface area (Å²) in [6.45, 7) is -1.42. The number of amides is 1. The summed E-state index contributed by atoms with van der Waals surface area (Å²) >= 11 is 0. The largest absolute Gasteiger partial charge is 0.493 e. The third-order valence-electron chi connectivity index (χ3n) is 3.92. The minimum absolute atomic E-state index is 0.0174. The molecule has 0 fully saturated rings. The summed E-state index contributed by atoms with van der Waals surface area (Å²) in [6.07, 6.45) is -4.07. The minimum atomic E-state index is -4.46. The Balaban J connectivity index is 1.91. The normalized spacial score (nSPS) is 11.0. The van der Waals surface area contributed by atoms with Crippen molar-refractivity contribution in [3.8, 4) is 11.5 Å². The molecule has 1 N–H and O–H groups in total. The summed E-state index contributed by atoms with van der Waals surface area (Å²) in [5.41, 5.74) is 0.979. The SMILES string of the molecule is COc1cc(CCC(=O)NCc2ccccc2[N+](=O)[O-])ccc1OCC(F)(F)F. The maximum atomic E-state index is 12.3. The number of nitrogens with one attached hydrogen (secondary N) is 1. The molecule has 0 heterocycles. The van der Waals surface area contributed by atoms with Crippen LogP contribution in [0, 0.1) is 10.1 Å². The van der Waals surface area contributed by atoms with Crippen molar-refractivity contribution >= 4 is 11.6 Å². The number of benzene rings is 2. The second-order valence-electron chi connectivity index (χ2n) is 6.05. The van der Waals surface area contributed by atoms with Crippen LogP contribution in [0.15, 0.2) is 42.5 Å². The Bertz CT molecular complexity index is 871. The van der Waals surface area contributed by atoms with Crippen molar-refractivity contribution in [2.75, 3.05) is 13.7 Å². The third-order valence-corrected chi connectivity index (χ3v) is 3.92. The van der Waals surface area contributed by atoms with Crippen LogP contribution in [0.25, 0.3) is 0 Å². The maximum absolute atomic E-state index is 12.3. The van der Waals surface area contributed by atoms with Gasteiger partial charge in [-0.15, -0.1) is 0 Å². The average molecular weight is 412 g/mol. The molecule has 0 unspecified atom stereocenters. The molecule has 10 heteroatoms. The van der Waals surface area contributed by atoms with Crippen molar-refractivity contribution in [1.82, 2.24) is 5.32 Å². The number of hydrogen-bond donors (Lipinski definition) is 1. The summed E-state index contributed by atoms with van der Waals surface area (Å²) in [7, 11) is 1.30. The van der Waals surface area contributed by atoms with Gasteiger partial charge >= 0.3 is 6.18 Å². The molecule has 0 aromatic heterocycles. The second-order valence-corrected chi connectivity index (χ2v) is 6.05. The van der Waals surface area contributed by atoms with Gasteiger partial charge in [-0.25, -0.2) is 0 Å². The Morgan fingerprint density at radius 2 is 1.90 bits per heavy atom. The number of hydrogen-bond acceptors (Lipinski definition) is 5. The van der Waals surface area contributed by atoms with Gasteiger partial charge in [-0.1, -0.05) is 24.3 Å². The Hall–Kier alpha value is -3.30. The number of ether oxygens (including phenoxy) is 2. The number of rotatable bonds is 9. The zero-order chi connectivity index (χ0) is 21.4. The molecular weight excluding hydrogens is 393 g/mol. The smallest absolute Gasteiger partial charge is 0.422 e. The van der Waals surface area contributed by atoms with E-state index in [1.807, 2.05) is 0 Å². The second kappa shape index (κ2) is 9.76. The number of carbonyl (C=O) groups is 1. The van der Waals surface area contributed by atoms with Gasteiger partial charge in [-0.3, -0.25) is 14.9 Å². The van der Waals surface area contributed by atoms with Crippen molar-refractivity contribution in [3.05, 3.63) is 63.7 Å². The van der Waals surface area contributed by atoms with Gasteiger partial charge in [-0.05, 0) is 24.1 Å². The van der Waals surface area contributed by atoms with Crippen molar-refractivity contribution in [2.45, 2.75) is 25.6 Å². The first-order valence-electron chi connectivity index (χ1n) is 8.55. The molecule has 0 aliphatic heterocycles. The topological polar surface area (TPSA) is 90.7 Å². The number of nitrogens with zero attached hydrogens (tertiary/aromatic N) is 1. The molecule has 2 aromatic rings. The van der Waals surface area contributed by atoms with Crippen LogP contribution >= 0.6 is 0 Å². The zero-order valence-corrected chi connectivity index (χ0v) is 15.5. The monoisotopic (exact) mass is 412 g/mol. The van der Waals surface area contributed by atoms with Crippen LogP contribution in [0.2, 0.25) is 0 Å². The van der Waals surface area contributed by atoms with Gasteiger partial charge in [0.2, 0.25) is 5.91 Å². The highest BCUT2D eigenvalue weighted by Gasteiger charge is 2.29. The number of aryl methyl sites for hydroxylation is 1. The summed E-state index contributed by atoms with van der Waals surface area (Å²) in [5.74, 6) is -0.235. The number of alkyl halides is 3. The molecule has 29 heavy (non-hydrogen) atoms. The van der Waals surface area contributed by atoms with Gasteiger partial charge in [0.15, 0.2) is 18.1 Å². The Labute approximate surface area is 164 Å². The molecule has 0 aliphatic rings. The predicted molar refractivity (Wildman–Crippen MR) is 97.8 cm³/mol. The Morgan fingerprint density at radius 1 is 1.17 bits per heavy atom. The quantitative estimate of drug-likeness (QED) is 0.500. The van der Waals surface area contributed by atoms with E-state index in [4.69, 9.17) is 9.47 Å². The van der Waals surface area contributed by atoms with Crippen molar-refractivity contribution < 1.29 is 32.4 Å². The lowest BCUT2D eigenvalue weighted by atomic mass is 10.1. The highest BCUT2D eigenvalue weighted by atomic mass is 19.4. The van der Waals surface area contributed by atoms with Crippen molar-refractivity contribution in [3.63, 3.8) is 0 Å². The van der Waals surface area contributed by atoms with E-state index in [0.717, 1.165) is 0 Å². The van der Waals surface area contributed by atoms with E-state index in [-0.39, 0.29) is 36.1 Å². The lowest BCUT2D eigenvalue weighted by Crippen LogP contribution is -2.23. The first kappa shape index (κ1) is 22.0. The van der Waals surface area contributed by atoms with E-state index in [1.54, 1.807) is 24.3 Å². The fourth-order valence-electron chi connectivity index (χ4n) is 2.52. The predicted octanol–water partition coefficient (Wildman–Crippen LogP) is 3.79. The average Bonchev–Trinajstić information content (AvgIpc) is 2.68. The molecule has 0 atom stereocenters. The van der Waals surface area contributed by atoms with Gasteiger partial charge in [0.05, 0.1) is 12.0 Å². The lowest BCUT2D eigenvalue weighted by Gasteiger charge is -2.13. The molecule has 0 saturated heterocycles. The Morgan fingerprint density at radius 3 is 2.55 bits per heavy atom. The first-order valence-corrected chi connectivity index (χ1v) is 8.55. The highest BCUT2D eigenvalue weighted by Crippen LogP contribution is 2.30. The molecule has 0 radical (unpaired) electrons. The summed E-state index contributed by atoms with van der Waals surface area (Å²) in [5, 5.41) is 13.6. The number of nitro benzene ring substituents is 1. The fourth-order valence-corrected chi connectivity index (χ4v) is 2.52. The van der Waals surface area contributed by atoms with Crippen LogP contribution in [0.1, 0.15) is 17.5 Å². The summed E-state index contributed by atoms with van der Waals surface area (Å²) in [6, 6.07) is 10.5. The molecule has 2 aromatic carbocycles. The zero-order valence-electron chi connectivity index (χ0n) is 15.5. The molecule has 0 spiro atoms. The molecule has 1 amide bonds. The number of para-hydroxylation sites is 1. The van der Waals surface area contributed by atoms with E-state index in [1.165, 1.54) is 25.3 Å². The standard InChI is InChI=1S/C19H19F3N2O5/c1-28-17-10-13(6-8-16(17)29-12-19(20,21)22)7-9-18(25)23-11-14-4-2-3-5-15(14)24(26)27/h2-6,8,10H,7,9,11-12H2,1H3,(H,23,25). The van der Waals surface area contributed by atoms with Crippen LogP contribution in [0.5, 0.6) is 11.5 Å². The molecule has 2 rings (SSSR count). The van der Waals surface area contributed by atoms with E-state index in [0.29, 0.717) is 17.5 Å². The van der Waals surface area contributed by atoms with Crippen molar-refractivity contribution in [2.24, 2.45) is 0 Å². The van der Waals surface area contributed by atoms with Crippen molar-refractivity contribution in [1.29, 1.82) is 0 Å². The van der Waals surface area contributed by atoms with Crippen LogP contribution in [-0.4, -0.2) is 30.7 Å². The molecular formula is C19H19F3N2O5. The molecule has 0 saturated carbocycles. The van der Waals surface area contributed by atoms with E-state index in [2.05, 4.69) is 5.32 Å². The van der Waals surface area contributed by atoms with Gasteiger partial charge in [0.1, 0.15) is 0 Å². The Kier molecular flexibility index (Phi) is 7.40. The first-order chi connectivity index (χ1) is 13.7. The van der Waals surface area contributed by atoms with Gasteiger partial charge in [-0.2, -0.15) is 13.2 Å². The number of nitro groups is 1. The van der Waals surface area contributed by atoms with Gasteiger partial charge in [0, 0.05) is 24.6 Å². The van der Waals surface area contributed by atoms with Crippen LogP contribution in [-0.2, 0) is 17.8 Å². The highest BCUT2D eigenvalue weighted by molar-refractivity contribution is 5.76. The maximum Gasteiger partial charge on any atom is 0.422 e. The van der Waals surface area contributed by atoms with Gasteiger partial charge in [0.25, 0.3) is 5.69 Å². The minimum Gasteiger partial charge on any atom is -0.493 e. The van der Waals surface area contributed by atoms with Gasteiger partial charge < -0.3 is 14.8 Å². The van der Waals surface area contributed by atoms with Crippen LogP contribution in [0.4, 0.5) is 18.9 Å². The summed E-state index contributed by atoms with van der Waals surface area (Å²) in [4.78, 5) is 22.5. The third kappa shape index (κ3) is 6.98. The van der Waals surface area contributed by atoms with E-state index >= 15 is 0 Å². The molecule has 7 nitrogen and oxygen atoms in total.